The average molecular weight is 540 g/mol. The fourth-order valence-electron chi connectivity index (χ4n) is 2.88. The number of carbonyl (C=O) groups is 4. The average Bonchev–Trinajstić information content (AvgIpc) is 2.74. The molecule has 0 radical (unpaired) electrons. The summed E-state index contributed by atoms with van der Waals surface area (Å²) in [5, 5.41) is 12.6. The largest absolute Gasteiger partial charge is 0.514 e. The van der Waals surface area contributed by atoms with Gasteiger partial charge in [0.1, 0.15) is 23.3 Å². The van der Waals surface area contributed by atoms with Crippen LogP contribution in [0.4, 0.5) is 9.59 Å². The third kappa shape index (κ3) is 12.8. The number of carboxylic acid groups (broad SMARTS) is 1. The molecule has 0 aliphatic heterocycles. The molecule has 1 aromatic rings. The van der Waals surface area contributed by atoms with Gasteiger partial charge in [0.2, 0.25) is 0 Å². The summed E-state index contributed by atoms with van der Waals surface area (Å²) in [6.07, 6.45) is -1.97. The summed E-state index contributed by atoms with van der Waals surface area (Å²) < 4.78 is 26.2. The highest BCUT2D eigenvalue weighted by atomic mass is 16.8. The van der Waals surface area contributed by atoms with Crippen molar-refractivity contribution in [1.29, 1.82) is 0 Å². The van der Waals surface area contributed by atoms with Gasteiger partial charge >= 0.3 is 24.2 Å². The lowest BCUT2D eigenvalue weighted by Crippen LogP contribution is -2.43. The van der Waals surface area contributed by atoms with Crippen molar-refractivity contribution in [2.45, 2.75) is 98.5 Å². The van der Waals surface area contributed by atoms with Gasteiger partial charge in [-0.3, -0.25) is 9.59 Å². The van der Waals surface area contributed by atoms with E-state index in [1.165, 1.54) is 18.2 Å². The van der Waals surface area contributed by atoms with E-state index in [9.17, 15) is 24.3 Å². The number of hydrogen-bond donors (Lipinski definition) is 2. The van der Waals surface area contributed by atoms with Gasteiger partial charge in [-0.05, 0) is 79.0 Å². The number of rotatable bonds is 11. The Labute approximate surface area is 224 Å². The van der Waals surface area contributed by atoms with Crippen molar-refractivity contribution in [2.24, 2.45) is 5.92 Å². The smallest absolute Gasteiger partial charge is 0.480 e. The first-order valence-electron chi connectivity index (χ1n) is 12.5. The van der Waals surface area contributed by atoms with Crippen molar-refractivity contribution in [1.82, 2.24) is 5.32 Å². The van der Waals surface area contributed by atoms with Crippen molar-refractivity contribution in [2.75, 3.05) is 6.54 Å². The fraction of sp³-hybridized carbons (Fsp3) is 0.630. The number of carbonyl (C=O) groups excluding carboxylic acids is 3. The van der Waals surface area contributed by atoms with E-state index in [1.807, 2.05) is 6.92 Å². The van der Waals surface area contributed by atoms with Crippen LogP contribution in [-0.4, -0.2) is 59.2 Å². The second-order valence-corrected chi connectivity index (χ2v) is 11.0. The summed E-state index contributed by atoms with van der Waals surface area (Å²) in [5.74, 6) is -1.99. The van der Waals surface area contributed by atoms with Crippen LogP contribution in [0.25, 0.3) is 0 Å². The molecule has 38 heavy (non-hydrogen) atoms. The maximum Gasteiger partial charge on any atom is 0.514 e. The summed E-state index contributed by atoms with van der Waals surface area (Å²) in [4.78, 5) is 48.4. The van der Waals surface area contributed by atoms with Crippen LogP contribution >= 0.6 is 0 Å². The molecule has 0 aliphatic rings. The Morgan fingerprint density at radius 3 is 1.89 bits per heavy atom. The van der Waals surface area contributed by atoms with Gasteiger partial charge in [0.05, 0.1) is 5.92 Å². The molecule has 11 heteroatoms. The molecule has 0 aromatic heterocycles. The zero-order valence-corrected chi connectivity index (χ0v) is 23.7. The van der Waals surface area contributed by atoms with Crippen molar-refractivity contribution < 1.29 is 48.0 Å². The number of aliphatic carboxylic acids is 1. The molecule has 214 valence electrons. The van der Waals surface area contributed by atoms with Crippen LogP contribution in [0, 0.1) is 5.92 Å². The Hall–Kier alpha value is -3.34. The maximum atomic E-state index is 12.3. The Kier molecular flexibility index (Phi) is 12.0. The van der Waals surface area contributed by atoms with E-state index in [-0.39, 0.29) is 36.4 Å². The van der Waals surface area contributed by atoms with E-state index in [2.05, 4.69) is 5.32 Å². The van der Waals surface area contributed by atoms with Gasteiger partial charge in [0.25, 0.3) is 0 Å². The molecule has 0 saturated carbocycles. The molecule has 0 amide bonds. The standard InChI is InChI=1S/C27H41NO10/c1-10-16(2)23(31)34-17(3)15-28-19(22(29)30)13-18-11-12-20(35-24(32)37-26(4,5)6)21(14-18)36-25(33)38-27(7,8)9/h11-12,14,16-17,19,28H,10,13,15H2,1-9H3,(H,29,30)/t16?,17?,19-/m0/s1. The lowest BCUT2D eigenvalue weighted by atomic mass is 10.0. The van der Waals surface area contributed by atoms with Gasteiger partial charge in [-0.1, -0.05) is 19.9 Å². The van der Waals surface area contributed by atoms with Gasteiger partial charge in [0, 0.05) is 6.54 Å². The minimum Gasteiger partial charge on any atom is -0.480 e. The Morgan fingerprint density at radius 2 is 1.42 bits per heavy atom. The van der Waals surface area contributed by atoms with Crippen LogP contribution in [0.5, 0.6) is 11.5 Å². The highest BCUT2D eigenvalue weighted by Gasteiger charge is 2.25. The zero-order valence-electron chi connectivity index (χ0n) is 23.7. The number of carboxylic acids is 1. The number of nitrogens with one attached hydrogen (secondary N) is 1. The lowest BCUT2D eigenvalue weighted by molar-refractivity contribution is -0.152. The Bertz CT molecular complexity index is 977. The van der Waals surface area contributed by atoms with E-state index in [1.54, 1.807) is 55.4 Å². The summed E-state index contributed by atoms with van der Waals surface area (Å²) in [7, 11) is 0. The molecule has 0 saturated heterocycles. The molecule has 0 spiro atoms. The Morgan fingerprint density at radius 1 is 0.895 bits per heavy atom. The van der Waals surface area contributed by atoms with Crippen molar-refractivity contribution in [3.8, 4) is 11.5 Å². The molecule has 0 heterocycles. The molecule has 1 aromatic carbocycles. The lowest BCUT2D eigenvalue weighted by Gasteiger charge is -2.22. The van der Waals surface area contributed by atoms with E-state index >= 15 is 0 Å². The minimum atomic E-state index is -1.13. The molecule has 0 fully saturated rings. The number of hydrogen-bond acceptors (Lipinski definition) is 10. The Balaban J connectivity index is 3.07. The van der Waals surface area contributed by atoms with Gasteiger partial charge in [-0.25, -0.2) is 9.59 Å². The topological polar surface area (TPSA) is 147 Å². The summed E-state index contributed by atoms with van der Waals surface area (Å²) in [6, 6.07) is 3.24. The summed E-state index contributed by atoms with van der Waals surface area (Å²) in [6.45, 7) is 15.4. The normalized spacial score (nSPS) is 14.0. The SMILES string of the molecule is CCC(C)C(=O)OC(C)CN[C@@H](Cc1ccc(OC(=O)OC(C)(C)C)c(OC(=O)OC(C)(C)C)c1)C(=O)O. The molecule has 0 aliphatic carbocycles. The van der Waals surface area contributed by atoms with Crippen LogP contribution in [0.15, 0.2) is 18.2 Å². The van der Waals surface area contributed by atoms with E-state index in [0.717, 1.165) is 0 Å². The first-order valence-corrected chi connectivity index (χ1v) is 12.5. The highest BCUT2D eigenvalue weighted by Crippen LogP contribution is 2.31. The first kappa shape index (κ1) is 32.7. The van der Waals surface area contributed by atoms with Gasteiger partial charge < -0.3 is 34.1 Å². The number of esters is 1. The van der Waals surface area contributed by atoms with Crippen LogP contribution in [0.2, 0.25) is 0 Å². The highest BCUT2D eigenvalue weighted by molar-refractivity contribution is 5.74. The molecule has 1 rings (SSSR count). The van der Waals surface area contributed by atoms with Crippen molar-refractivity contribution >= 4 is 24.2 Å². The summed E-state index contributed by atoms with van der Waals surface area (Å²) >= 11 is 0. The number of benzene rings is 1. The van der Waals surface area contributed by atoms with Crippen molar-refractivity contribution in [3.63, 3.8) is 0 Å². The van der Waals surface area contributed by atoms with E-state index in [4.69, 9.17) is 23.7 Å². The molecular formula is C27H41NO10. The van der Waals surface area contributed by atoms with E-state index < -0.39 is 41.6 Å². The monoisotopic (exact) mass is 539 g/mol. The quantitative estimate of drug-likeness (QED) is 0.225. The van der Waals surface area contributed by atoms with E-state index in [0.29, 0.717) is 12.0 Å². The molecular weight excluding hydrogens is 498 g/mol. The second kappa shape index (κ2) is 14.0. The predicted molar refractivity (Wildman–Crippen MR) is 138 cm³/mol. The molecule has 3 atom stereocenters. The summed E-state index contributed by atoms with van der Waals surface area (Å²) in [5.41, 5.74) is -1.19. The second-order valence-electron chi connectivity index (χ2n) is 11.0. The van der Waals surface area contributed by atoms with Gasteiger partial charge in [0.15, 0.2) is 11.5 Å². The molecule has 11 nitrogen and oxygen atoms in total. The minimum absolute atomic E-state index is 0.0151. The molecule has 2 N–H and O–H groups in total. The first-order chi connectivity index (χ1) is 17.4. The zero-order chi connectivity index (χ0) is 29.3. The van der Waals surface area contributed by atoms with Gasteiger partial charge in [-0.2, -0.15) is 0 Å². The fourth-order valence-corrected chi connectivity index (χ4v) is 2.88. The van der Waals surface area contributed by atoms with Gasteiger partial charge in [-0.15, -0.1) is 0 Å². The van der Waals surface area contributed by atoms with Crippen LogP contribution in [0.3, 0.4) is 0 Å². The third-order valence-electron chi connectivity index (χ3n) is 4.90. The molecule has 0 bridgehead atoms. The molecule has 2 unspecified atom stereocenters. The third-order valence-corrected chi connectivity index (χ3v) is 4.90. The number of ether oxygens (including phenoxy) is 5. The van der Waals surface area contributed by atoms with Crippen LogP contribution in [0.1, 0.15) is 74.3 Å². The maximum absolute atomic E-state index is 12.3. The van der Waals surface area contributed by atoms with Crippen molar-refractivity contribution in [3.05, 3.63) is 23.8 Å². The van der Waals surface area contributed by atoms with Crippen LogP contribution in [-0.2, 0) is 30.2 Å². The predicted octanol–water partition coefficient (Wildman–Crippen LogP) is 4.88. The van der Waals surface area contributed by atoms with Crippen LogP contribution < -0.4 is 14.8 Å².